The lowest BCUT2D eigenvalue weighted by molar-refractivity contribution is -0.132. The van der Waals surface area contributed by atoms with Crippen LogP contribution >= 0.6 is 0 Å². The van der Waals surface area contributed by atoms with Crippen LogP contribution < -0.4 is 0 Å². The van der Waals surface area contributed by atoms with Gasteiger partial charge in [0.05, 0.1) is 6.26 Å². The highest BCUT2D eigenvalue weighted by atomic mass is 16.5. The molecule has 1 aromatic carbocycles. The molecule has 0 saturated heterocycles. The van der Waals surface area contributed by atoms with E-state index in [4.69, 9.17) is 4.74 Å². The van der Waals surface area contributed by atoms with Crippen molar-refractivity contribution in [3.05, 3.63) is 67.0 Å². The van der Waals surface area contributed by atoms with Gasteiger partial charge in [-0.05, 0) is 17.7 Å². The predicted molar refractivity (Wildman–Crippen MR) is 60.9 cm³/mol. The molecule has 0 radical (unpaired) electrons. The molecule has 1 rings (SSSR count). The number of hydrogen-bond acceptors (Lipinski definition) is 2. The average molecular weight is 200 g/mol. The molecular weight excluding hydrogens is 188 g/mol. The third kappa shape index (κ3) is 4.62. The molecule has 0 unspecified atom stereocenters. The molecule has 2 nitrogen and oxygen atoms in total. The van der Waals surface area contributed by atoms with E-state index in [0.717, 1.165) is 5.56 Å². The maximum atomic E-state index is 11.1. The lowest BCUT2D eigenvalue weighted by atomic mass is 10.2. The molecule has 1 aromatic rings. The number of rotatable bonds is 4. The number of hydrogen-bond donors (Lipinski definition) is 0. The Bertz CT molecular complexity index is 375. The van der Waals surface area contributed by atoms with E-state index in [1.807, 2.05) is 30.3 Å². The van der Waals surface area contributed by atoms with Gasteiger partial charge in [0.1, 0.15) is 0 Å². The van der Waals surface area contributed by atoms with Gasteiger partial charge in [-0.2, -0.15) is 0 Å². The topological polar surface area (TPSA) is 26.3 Å². The van der Waals surface area contributed by atoms with Gasteiger partial charge in [-0.1, -0.05) is 43.0 Å². The molecule has 0 heterocycles. The van der Waals surface area contributed by atoms with Crippen LogP contribution in [0.5, 0.6) is 0 Å². The molecule has 0 aliphatic rings. The Balaban J connectivity index is 2.48. The van der Waals surface area contributed by atoms with Crippen molar-refractivity contribution in [1.29, 1.82) is 0 Å². The molecule has 0 saturated carbocycles. The van der Waals surface area contributed by atoms with Crippen molar-refractivity contribution in [2.75, 3.05) is 0 Å². The molecule has 76 valence electrons. The monoisotopic (exact) mass is 200 g/mol. The molecule has 0 amide bonds. The molecule has 0 atom stereocenters. The van der Waals surface area contributed by atoms with Gasteiger partial charge in [-0.25, -0.2) is 4.79 Å². The standard InChI is InChI=1S/C13H12O2/c1-2-3-11-15-13(14)10-9-12-7-5-4-6-8-12/h2-11H,1H2. The van der Waals surface area contributed by atoms with Gasteiger partial charge in [0.2, 0.25) is 0 Å². The molecule has 0 aliphatic heterocycles. The summed E-state index contributed by atoms with van der Waals surface area (Å²) in [5.74, 6) is -0.406. The number of carbonyl (C=O) groups excluding carboxylic acids is 1. The maximum absolute atomic E-state index is 11.1. The van der Waals surface area contributed by atoms with E-state index in [1.165, 1.54) is 18.4 Å². The summed E-state index contributed by atoms with van der Waals surface area (Å²) in [5.41, 5.74) is 0.960. The highest BCUT2D eigenvalue weighted by Crippen LogP contribution is 2.00. The van der Waals surface area contributed by atoms with E-state index in [0.29, 0.717) is 0 Å². The first-order valence-electron chi connectivity index (χ1n) is 4.54. The zero-order valence-corrected chi connectivity index (χ0v) is 8.30. The Morgan fingerprint density at radius 1 is 1.27 bits per heavy atom. The van der Waals surface area contributed by atoms with Crippen LogP contribution in [0.3, 0.4) is 0 Å². The van der Waals surface area contributed by atoms with E-state index >= 15 is 0 Å². The van der Waals surface area contributed by atoms with Crippen molar-refractivity contribution in [3.8, 4) is 0 Å². The zero-order chi connectivity index (χ0) is 10.9. The first-order valence-corrected chi connectivity index (χ1v) is 4.54. The van der Waals surface area contributed by atoms with Gasteiger partial charge in [0.15, 0.2) is 0 Å². The highest BCUT2D eigenvalue weighted by molar-refractivity contribution is 5.87. The minimum Gasteiger partial charge on any atom is -0.431 e. The fourth-order valence-corrected chi connectivity index (χ4v) is 0.930. The predicted octanol–water partition coefficient (Wildman–Crippen LogP) is 2.94. The Kier molecular flexibility index (Phi) is 4.67. The van der Waals surface area contributed by atoms with E-state index in [1.54, 1.807) is 12.2 Å². The van der Waals surface area contributed by atoms with Crippen molar-refractivity contribution >= 4 is 12.0 Å². The van der Waals surface area contributed by atoms with Crippen LogP contribution in [-0.2, 0) is 9.53 Å². The quantitative estimate of drug-likeness (QED) is 0.323. The first kappa shape index (κ1) is 11.0. The minimum absolute atomic E-state index is 0.406. The van der Waals surface area contributed by atoms with Crippen molar-refractivity contribution < 1.29 is 9.53 Å². The molecule has 0 aliphatic carbocycles. The Hall–Kier alpha value is -2.09. The normalized spacial score (nSPS) is 10.7. The van der Waals surface area contributed by atoms with Gasteiger partial charge in [-0.15, -0.1) is 0 Å². The molecule has 15 heavy (non-hydrogen) atoms. The third-order valence-electron chi connectivity index (χ3n) is 1.61. The average Bonchev–Trinajstić information content (AvgIpc) is 2.28. The zero-order valence-electron chi connectivity index (χ0n) is 8.30. The number of esters is 1. The molecule has 0 spiro atoms. The molecule has 0 fully saturated rings. The van der Waals surface area contributed by atoms with Crippen molar-refractivity contribution in [1.82, 2.24) is 0 Å². The molecule has 0 bridgehead atoms. The largest absolute Gasteiger partial charge is 0.431 e. The van der Waals surface area contributed by atoms with Crippen molar-refractivity contribution in [2.45, 2.75) is 0 Å². The second kappa shape index (κ2) is 6.38. The Morgan fingerprint density at radius 3 is 2.67 bits per heavy atom. The SMILES string of the molecule is C=CC=COC(=O)C=Cc1ccccc1. The molecule has 0 N–H and O–H groups in total. The first-order chi connectivity index (χ1) is 7.33. The van der Waals surface area contributed by atoms with E-state index < -0.39 is 5.97 Å². The van der Waals surface area contributed by atoms with E-state index in [-0.39, 0.29) is 0 Å². The molecule has 2 heteroatoms. The summed E-state index contributed by atoms with van der Waals surface area (Å²) in [7, 11) is 0. The van der Waals surface area contributed by atoms with Gasteiger partial charge < -0.3 is 4.74 Å². The summed E-state index contributed by atoms with van der Waals surface area (Å²) >= 11 is 0. The third-order valence-corrected chi connectivity index (χ3v) is 1.61. The summed E-state index contributed by atoms with van der Waals surface area (Å²) in [6, 6.07) is 9.54. The van der Waals surface area contributed by atoms with Gasteiger partial charge >= 0.3 is 5.97 Å². The summed E-state index contributed by atoms with van der Waals surface area (Å²) in [6.45, 7) is 3.45. The summed E-state index contributed by atoms with van der Waals surface area (Å²) in [6.07, 6.45) is 7.46. The van der Waals surface area contributed by atoms with Crippen LogP contribution in [0.4, 0.5) is 0 Å². The van der Waals surface area contributed by atoms with Crippen LogP contribution in [0.2, 0.25) is 0 Å². The fraction of sp³-hybridized carbons (Fsp3) is 0. The second-order valence-electron chi connectivity index (χ2n) is 2.75. The van der Waals surface area contributed by atoms with Crippen LogP contribution in [0.25, 0.3) is 6.08 Å². The van der Waals surface area contributed by atoms with Gasteiger partial charge in [-0.3, -0.25) is 0 Å². The van der Waals surface area contributed by atoms with Crippen molar-refractivity contribution in [3.63, 3.8) is 0 Å². The maximum Gasteiger partial charge on any atom is 0.335 e. The van der Waals surface area contributed by atoms with Crippen molar-refractivity contribution in [2.24, 2.45) is 0 Å². The summed E-state index contributed by atoms with van der Waals surface area (Å²) in [4.78, 5) is 11.1. The van der Waals surface area contributed by atoms with E-state index in [2.05, 4.69) is 6.58 Å². The number of benzene rings is 1. The smallest absolute Gasteiger partial charge is 0.335 e. The molecular formula is C13H12O2. The summed E-state index contributed by atoms with van der Waals surface area (Å²) in [5, 5.41) is 0. The van der Waals surface area contributed by atoms with Crippen LogP contribution in [0.1, 0.15) is 5.56 Å². The van der Waals surface area contributed by atoms with Gasteiger partial charge in [0.25, 0.3) is 0 Å². The van der Waals surface area contributed by atoms with Crippen LogP contribution in [0, 0.1) is 0 Å². The van der Waals surface area contributed by atoms with Crippen LogP contribution in [0.15, 0.2) is 61.4 Å². The number of ether oxygens (including phenoxy) is 1. The minimum atomic E-state index is -0.406. The number of carbonyl (C=O) groups is 1. The Morgan fingerprint density at radius 2 is 2.00 bits per heavy atom. The molecule has 0 aromatic heterocycles. The van der Waals surface area contributed by atoms with Crippen LogP contribution in [-0.4, -0.2) is 5.97 Å². The number of allylic oxidation sites excluding steroid dienone is 2. The lowest BCUT2D eigenvalue weighted by Crippen LogP contribution is -1.92. The Labute approximate surface area is 89.2 Å². The fourth-order valence-electron chi connectivity index (χ4n) is 0.930. The highest BCUT2D eigenvalue weighted by Gasteiger charge is 1.91. The van der Waals surface area contributed by atoms with Gasteiger partial charge in [0, 0.05) is 6.08 Å². The summed E-state index contributed by atoms with van der Waals surface area (Å²) < 4.78 is 4.73. The second-order valence-corrected chi connectivity index (χ2v) is 2.75. The lowest BCUT2D eigenvalue weighted by Gasteiger charge is -1.92. The van der Waals surface area contributed by atoms with E-state index in [9.17, 15) is 4.79 Å².